The number of aliphatic imine (C=N–C) groups is 1. The van der Waals surface area contributed by atoms with Crippen molar-refractivity contribution in [2.75, 3.05) is 34.2 Å². The number of hydrogen-bond donors (Lipinski definition) is 0. The number of nitrogens with zero attached hydrogens (tertiary/aromatic N) is 2. The van der Waals surface area contributed by atoms with Gasteiger partial charge in [-0.3, -0.25) is 4.99 Å². The van der Waals surface area contributed by atoms with Gasteiger partial charge in [0, 0.05) is 6.20 Å². The van der Waals surface area contributed by atoms with Crippen LogP contribution in [0.15, 0.2) is 95.9 Å². The molecule has 3 aromatic rings. The van der Waals surface area contributed by atoms with Crippen LogP contribution in [0.4, 0.5) is 4.39 Å². The Morgan fingerprint density at radius 2 is 1.45 bits per heavy atom. The van der Waals surface area contributed by atoms with E-state index in [1.54, 1.807) is 19.1 Å². The van der Waals surface area contributed by atoms with E-state index in [-0.39, 0.29) is 31.3 Å². The molecule has 0 aliphatic carbocycles. The minimum absolute atomic E-state index is 0.0935. The maximum atomic E-state index is 15.9. The summed E-state index contributed by atoms with van der Waals surface area (Å²) in [5.74, 6) is 0.943. The standard InChI is InChI=1S/C33H35FN2O6/c1-32(2)35-28(27(34)18-36(32)31-30-29(20-39-31)40-21-41-30)19-42-33(22-8-6-5-7-9-22,23-10-14-25(37-3)15-11-23)24-12-16-26(38-4)17-13-24/h5-18,29-31H,19-21H2,1-4H3/t29-,30-,31-/m1/s1. The fraction of sp³-hybridized carbons (Fsp3) is 0.364. The molecule has 0 amide bonds. The first-order chi connectivity index (χ1) is 20.4. The van der Waals surface area contributed by atoms with E-state index in [1.807, 2.05) is 92.7 Å². The van der Waals surface area contributed by atoms with Crippen LogP contribution in [0.2, 0.25) is 0 Å². The van der Waals surface area contributed by atoms with E-state index in [0.717, 1.165) is 28.2 Å². The molecule has 3 atom stereocenters. The molecule has 0 unspecified atom stereocenters. The average Bonchev–Trinajstić information content (AvgIpc) is 3.65. The molecule has 0 radical (unpaired) electrons. The largest absolute Gasteiger partial charge is 0.497 e. The highest BCUT2D eigenvalue weighted by molar-refractivity contribution is 6.00. The van der Waals surface area contributed by atoms with Gasteiger partial charge in [0.05, 0.1) is 27.4 Å². The summed E-state index contributed by atoms with van der Waals surface area (Å²) in [4.78, 5) is 6.60. The molecule has 42 heavy (non-hydrogen) atoms. The summed E-state index contributed by atoms with van der Waals surface area (Å²) in [7, 11) is 3.26. The lowest BCUT2D eigenvalue weighted by atomic mass is 9.80. The molecule has 3 aliphatic rings. The second-order valence-electron chi connectivity index (χ2n) is 10.9. The van der Waals surface area contributed by atoms with Crippen LogP contribution in [0.3, 0.4) is 0 Å². The van der Waals surface area contributed by atoms with Gasteiger partial charge < -0.3 is 33.3 Å². The normalized spacial score (nSPS) is 23.3. The molecule has 2 saturated heterocycles. The van der Waals surface area contributed by atoms with Gasteiger partial charge in [0.2, 0.25) is 0 Å². The third-order valence-corrected chi connectivity index (χ3v) is 8.06. The lowest BCUT2D eigenvalue weighted by Gasteiger charge is -2.43. The Bertz CT molecular complexity index is 1390. The topological polar surface area (TPSA) is 71.0 Å². The smallest absolute Gasteiger partial charge is 0.162 e. The Hall–Kier alpha value is -3.76. The van der Waals surface area contributed by atoms with Gasteiger partial charge in [-0.1, -0.05) is 54.6 Å². The lowest BCUT2D eigenvalue weighted by molar-refractivity contribution is -0.112. The number of rotatable bonds is 9. The van der Waals surface area contributed by atoms with Crippen LogP contribution in [-0.2, 0) is 24.5 Å². The van der Waals surface area contributed by atoms with Gasteiger partial charge in [-0.25, -0.2) is 4.39 Å². The molecular formula is C33H35FN2O6. The van der Waals surface area contributed by atoms with Crippen molar-refractivity contribution < 1.29 is 32.8 Å². The molecule has 8 nitrogen and oxygen atoms in total. The molecule has 0 N–H and O–H groups in total. The van der Waals surface area contributed by atoms with Crippen LogP contribution >= 0.6 is 0 Å². The molecule has 3 heterocycles. The van der Waals surface area contributed by atoms with Crippen molar-refractivity contribution in [3.63, 3.8) is 0 Å². The van der Waals surface area contributed by atoms with E-state index < -0.39 is 23.3 Å². The monoisotopic (exact) mass is 574 g/mol. The van der Waals surface area contributed by atoms with Crippen molar-refractivity contribution in [3.05, 3.63) is 108 Å². The minimum Gasteiger partial charge on any atom is -0.497 e. The van der Waals surface area contributed by atoms with Crippen molar-refractivity contribution >= 4 is 5.71 Å². The van der Waals surface area contributed by atoms with Gasteiger partial charge in [0.25, 0.3) is 0 Å². The molecule has 3 aliphatic heterocycles. The molecule has 9 heteroatoms. The van der Waals surface area contributed by atoms with E-state index in [2.05, 4.69) is 0 Å². The van der Waals surface area contributed by atoms with E-state index >= 15 is 4.39 Å². The van der Waals surface area contributed by atoms with Crippen molar-refractivity contribution in [1.82, 2.24) is 4.90 Å². The summed E-state index contributed by atoms with van der Waals surface area (Å²) in [6.07, 6.45) is 0.464. The third-order valence-electron chi connectivity index (χ3n) is 8.06. The SMILES string of the molecule is COc1ccc(C(OCC2=NC(C)(C)N([C@@H]3OC[C@H]4OCO[C@@H]34)C=C2F)(c2ccccc2)c2ccc(OC)cc2)cc1. The minimum atomic E-state index is -1.10. The van der Waals surface area contributed by atoms with Crippen molar-refractivity contribution in [2.45, 2.75) is 43.5 Å². The highest BCUT2D eigenvalue weighted by atomic mass is 19.1. The second-order valence-corrected chi connectivity index (χ2v) is 10.9. The molecular weight excluding hydrogens is 539 g/mol. The first kappa shape index (κ1) is 28.4. The zero-order chi connectivity index (χ0) is 29.3. The predicted octanol–water partition coefficient (Wildman–Crippen LogP) is 5.41. The summed E-state index contributed by atoms with van der Waals surface area (Å²) >= 11 is 0. The van der Waals surface area contributed by atoms with Gasteiger partial charge in [-0.05, 0) is 54.8 Å². The van der Waals surface area contributed by atoms with Crippen LogP contribution in [0.5, 0.6) is 11.5 Å². The molecule has 220 valence electrons. The van der Waals surface area contributed by atoms with Crippen molar-refractivity contribution in [3.8, 4) is 11.5 Å². The molecule has 2 fully saturated rings. The first-order valence-corrected chi connectivity index (χ1v) is 13.9. The average molecular weight is 575 g/mol. The maximum Gasteiger partial charge on any atom is 0.162 e. The fourth-order valence-electron chi connectivity index (χ4n) is 5.88. The van der Waals surface area contributed by atoms with Crippen LogP contribution in [-0.4, -0.2) is 68.9 Å². The molecule has 0 bridgehead atoms. The van der Waals surface area contributed by atoms with Crippen molar-refractivity contribution in [2.24, 2.45) is 4.99 Å². The van der Waals surface area contributed by atoms with Gasteiger partial charge in [-0.15, -0.1) is 0 Å². The second kappa shape index (κ2) is 11.5. The highest BCUT2D eigenvalue weighted by Crippen LogP contribution is 2.42. The summed E-state index contributed by atoms with van der Waals surface area (Å²) in [6, 6.07) is 25.3. The maximum absolute atomic E-state index is 15.9. The number of hydrogen-bond acceptors (Lipinski definition) is 8. The molecule has 0 saturated carbocycles. The number of methoxy groups -OCH3 is 2. The first-order valence-electron chi connectivity index (χ1n) is 13.9. The fourth-order valence-corrected chi connectivity index (χ4v) is 5.88. The summed E-state index contributed by atoms with van der Waals surface area (Å²) in [6.45, 7) is 4.33. The van der Waals surface area contributed by atoms with Crippen LogP contribution in [0.25, 0.3) is 0 Å². The zero-order valence-electron chi connectivity index (χ0n) is 24.2. The van der Waals surface area contributed by atoms with Gasteiger partial charge in [0.1, 0.15) is 47.5 Å². The van der Waals surface area contributed by atoms with Gasteiger partial charge in [0.15, 0.2) is 12.1 Å². The lowest BCUT2D eigenvalue weighted by Crippen LogP contribution is -2.52. The Morgan fingerprint density at radius 3 is 2.05 bits per heavy atom. The number of ether oxygens (including phenoxy) is 6. The Balaban J connectivity index is 1.38. The van der Waals surface area contributed by atoms with E-state index in [0.29, 0.717) is 6.61 Å². The molecule has 3 aromatic carbocycles. The number of fused-ring (bicyclic) bond motifs is 1. The summed E-state index contributed by atoms with van der Waals surface area (Å²) in [5.41, 5.74) is 0.869. The zero-order valence-corrected chi connectivity index (χ0v) is 24.2. The predicted molar refractivity (Wildman–Crippen MR) is 155 cm³/mol. The molecule has 0 aromatic heterocycles. The van der Waals surface area contributed by atoms with Gasteiger partial charge >= 0.3 is 0 Å². The van der Waals surface area contributed by atoms with Crippen molar-refractivity contribution in [1.29, 1.82) is 0 Å². The molecule has 6 rings (SSSR count). The Kier molecular flexibility index (Phi) is 7.76. The van der Waals surface area contributed by atoms with Crippen LogP contribution < -0.4 is 9.47 Å². The molecule has 0 spiro atoms. The van der Waals surface area contributed by atoms with Crippen LogP contribution in [0, 0.1) is 0 Å². The van der Waals surface area contributed by atoms with E-state index in [9.17, 15) is 0 Å². The van der Waals surface area contributed by atoms with E-state index in [1.165, 1.54) is 6.20 Å². The quantitative estimate of drug-likeness (QED) is 0.317. The summed E-state index contributed by atoms with van der Waals surface area (Å²) in [5, 5.41) is 0. The Morgan fingerprint density at radius 1 is 0.857 bits per heavy atom. The summed E-state index contributed by atoms with van der Waals surface area (Å²) < 4.78 is 50.9. The Labute approximate surface area is 245 Å². The number of halogens is 1. The number of benzene rings is 3. The van der Waals surface area contributed by atoms with Crippen LogP contribution in [0.1, 0.15) is 30.5 Å². The third kappa shape index (κ3) is 5.07. The highest BCUT2D eigenvalue weighted by Gasteiger charge is 2.49. The van der Waals surface area contributed by atoms with E-state index in [4.69, 9.17) is 33.4 Å². The van der Waals surface area contributed by atoms with Gasteiger partial charge in [-0.2, -0.15) is 0 Å².